The van der Waals surface area contributed by atoms with Crippen LogP contribution in [0.25, 0.3) is 0 Å². The average molecular weight is 278 g/mol. The van der Waals surface area contributed by atoms with Crippen LogP contribution in [0.4, 0.5) is 0 Å². The molecule has 2 rings (SSSR count). The minimum absolute atomic E-state index is 0.209. The second kappa shape index (κ2) is 4.45. The monoisotopic (exact) mass is 277 g/mol. The molecule has 0 aliphatic heterocycles. The molecule has 1 heterocycles. The van der Waals surface area contributed by atoms with E-state index in [9.17, 15) is 9.59 Å². The van der Waals surface area contributed by atoms with Gasteiger partial charge in [0, 0.05) is 16.2 Å². The summed E-state index contributed by atoms with van der Waals surface area (Å²) in [7, 11) is 0. The molecule has 1 aromatic heterocycles. The number of nitrogens with zero attached hydrogens (tertiary/aromatic N) is 1. The molecule has 0 aliphatic carbocycles. The number of carbonyl (C=O) groups excluding carboxylic acids is 2. The van der Waals surface area contributed by atoms with Crippen molar-refractivity contribution < 1.29 is 9.59 Å². The maximum Gasteiger partial charge on any atom is 0.262 e. The number of hydrogen-bond acceptors (Lipinski definition) is 2. The van der Waals surface area contributed by atoms with Gasteiger partial charge in [-0.1, -0.05) is 15.9 Å². The van der Waals surface area contributed by atoms with Gasteiger partial charge in [0.05, 0.1) is 5.69 Å². The summed E-state index contributed by atoms with van der Waals surface area (Å²) in [5.41, 5.74) is 0.899. The first-order valence-corrected chi connectivity index (χ1v) is 5.44. The highest BCUT2D eigenvalue weighted by molar-refractivity contribution is 9.10. The third-order valence-electron chi connectivity index (χ3n) is 2.21. The van der Waals surface area contributed by atoms with Gasteiger partial charge in [-0.25, -0.2) is 0 Å². The van der Waals surface area contributed by atoms with Gasteiger partial charge in [0.2, 0.25) is 0 Å². The van der Waals surface area contributed by atoms with E-state index in [1.54, 1.807) is 42.6 Å². The molecule has 1 aromatic carbocycles. The zero-order chi connectivity index (χ0) is 11.5. The van der Waals surface area contributed by atoms with E-state index in [4.69, 9.17) is 0 Å². The van der Waals surface area contributed by atoms with Gasteiger partial charge in [0.15, 0.2) is 6.29 Å². The Morgan fingerprint density at radius 2 is 1.88 bits per heavy atom. The predicted octanol–water partition coefficient (Wildman–Crippen LogP) is 2.75. The summed E-state index contributed by atoms with van der Waals surface area (Å²) >= 11 is 3.30. The lowest BCUT2D eigenvalue weighted by molar-refractivity contribution is 0.0947. The Labute approximate surface area is 101 Å². The van der Waals surface area contributed by atoms with Crippen LogP contribution in [-0.4, -0.2) is 16.8 Å². The lowest BCUT2D eigenvalue weighted by Crippen LogP contribution is -2.13. The van der Waals surface area contributed by atoms with Gasteiger partial charge in [0.1, 0.15) is 0 Å². The maximum absolute atomic E-state index is 12.0. The molecule has 0 bridgehead atoms. The Hall–Kier alpha value is -1.68. The molecule has 0 radical (unpaired) electrons. The fourth-order valence-electron chi connectivity index (χ4n) is 1.41. The summed E-state index contributed by atoms with van der Waals surface area (Å²) in [5, 5.41) is 0. The fourth-order valence-corrected chi connectivity index (χ4v) is 1.67. The normalized spacial score (nSPS) is 10.1. The van der Waals surface area contributed by atoms with Gasteiger partial charge < -0.3 is 0 Å². The molecule has 0 saturated carbocycles. The van der Waals surface area contributed by atoms with Gasteiger partial charge in [-0.2, -0.15) is 0 Å². The van der Waals surface area contributed by atoms with Crippen molar-refractivity contribution in [2.75, 3.05) is 0 Å². The second-order valence-electron chi connectivity index (χ2n) is 3.23. The van der Waals surface area contributed by atoms with Gasteiger partial charge in [-0.3, -0.25) is 14.2 Å². The van der Waals surface area contributed by atoms with Crippen molar-refractivity contribution in [1.29, 1.82) is 0 Å². The topological polar surface area (TPSA) is 39.1 Å². The van der Waals surface area contributed by atoms with E-state index in [0.717, 1.165) is 4.47 Å². The summed E-state index contributed by atoms with van der Waals surface area (Å²) in [6.45, 7) is 0. The van der Waals surface area contributed by atoms with Gasteiger partial charge in [0.25, 0.3) is 5.91 Å². The van der Waals surface area contributed by atoms with E-state index in [2.05, 4.69) is 15.9 Å². The molecule has 0 saturated heterocycles. The third kappa shape index (κ3) is 1.97. The lowest BCUT2D eigenvalue weighted by atomic mass is 10.2. The van der Waals surface area contributed by atoms with E-state index in [1.165, 1.54) is 4.57 Å². The molecule has 0 aliphatic rings. The van der Waals surface area contributed by atoms with Crippen molar-refractivity contribution in [2.45, 2.75) is 0 Å². The molecule has 80 valence electrons. The highest BCUT2D eigenvalue weighted by Crippen LogP contribution is 2.12. The van der Waals surface area contributed by atoms with Crippen LogP contribution in [0.2, 0.25) is 0 Å². The molecular formula is C12H8BrNO2. The van der Waals surface area contributed by atoms with Crippen molar-refractivity contribution in [3.63, 3.8) is 0 Å². The van der Waals surface area contributed by atoms with Gasteiger partial charge >= 0.3 is 0 Å². The summed E-state index contributed by atoms with van der Waals surface area (Å²) in [4.78, 5) is 22.7. The molecule has 3 nitrogen and oxygen atoms in total. The molecule has 0 fully saturated rings. The molecule has 4 heteroatoms. The van der Waals surface area contributed by atoms with E-state index >= 15 is 0 Å². The van der Waals surface area contributed by atoms with E-state index in [1.807, 2.05) is 0 Å². The molecule has 0 N–H and O–H groups in total. The minimum Gasteiger partial charge on any atom is -0.296 e. The number of rotatable bonds is 2. The molecule has 0 unspecified atom stereocenters. The average Bonchev–Trinajstić information content (AvgIpc) is 2.77. The van der Waals surface area contributed by atoms with Crippen LogP contribution in [0.5, 0.6) is 0 Å². The molecular weight excluding hydrogens is 270 g/mol. The molecule has 0 spiro atoms. The Bertz CT molecular complexity index is 528. The number of hydrogen-bond donors (Lipinski definition) is 0. The molecule has 16 heavy (non-hydrogen) atoms. The summed E-state index contributed by atoms with van der Waals surface area (Å²) < 4.78 is 2.24. The van der Waals surface area contributed by atoms with Gasteiger partial charge in [-0.15, -0.1) is 0 Å². The summed E-state index contributed by atoms with van der Waals surface area (Å²) in [5.74, 6) is -0.209. The highest BCUT2D eigenvalue weighted by atomic mass is 79.9. The Morgan fingerprint density at radius 3 is 2.50 bits per heavy atom. The van der Waals surface area contributed by atoms with Crippen molar-refractivity contribution in [3.05, 3.63) is 58.3 Å². The SMILES string of the molecule is O=Cc1cccn1C(=O)c1ccc(Br)cc1. The summed E-state index contributed by atoms with van der Waals surface area (Å²) in [6, 6.07) is 10.3. The van der Waals surface area contributed by atoms with Crippen LogP contribution >= 0.6 is 15.9 Å². The Morgan fingerprint density at radius 1 is 1.19 bits per heavy atom. The number of aldehydes is 1. The zero-order valence-corrected chi connectivity index (χ0v) is 9.85. The van der Waals surface area contributed by atoms with Crippen LogP contribution in [0.15, 0.2) is 47.1 Å². The lowest BCUT2D eigenvalue weighted by Gasteiger charge is -2.03. The number of halogens is 1. The van der Waals surface area contributed by atoms with Crippen LogP contribution in [0, 0.1) is 0 Å². The van der Waals surface area contributed by atoms with E-state index in [0.29, 0.717) is 17.5 Å². The first kappa shape index (κ1) is 10.8. The molecule has 0 atom stereocenters. The number of carbonyl (C=O) groups is 2. The first-order valence-electron chi connectivity index (χ1n) is 4.65. The number of benzene rings is 1. The van der Waals surface area contributed by atoms with Crippen LogP contribution in [0.3, 0.4) is 0 Å². The van der Waals surface area contributed by atoms with Crippen molar-refractivity contribution in [3.8, 4) is 0 Å². The minimum atomic E-state index is -0.209. The van der Waals surface area contributed by atoms with Crippen LogP contribution < -0.4 is 0 Å². The standard InChI is InChI=1S/C12H8BrNO2/c13-10-5-3-9(4-6-10)12(16)14-7-1-2-11(14)8-15/h1-8H. The van der Waals surface area contributed by atoms with Crippen molar-refractivity contribution >= 4 is 28.1 Å². The van der Waals surface area contributed by atoms with Crippen LogP contribution in [0.1, 0.15) is 20.8 Å². The van der Waals surface area contributed by atoms with Crippen molar-refractivity contribution in [1.82, 2.24) is 4.57 Å². The van der Waals surface area contributed by atoms with Gasteiger partial charge in [-0.05, 0) is 36.4 Å². The van der Waals surface area contributed by atoms with Crippen molar-refractivity contribution in [2.24, 2.45) is 0 Å². The van der Waals surface area contributed by atoms with E-state index in [-0.39, 0.29) is 5.91 Å². The Kier molecular flexibility index (Phi) is 3.01. The third-order valence-corrected chi connectivity index (χ3v) is 2.74. The highest BCUT2D eigenvalue weighted by Gasteiger charge is 2.10. The largest absolute Gasteiger partial charge is 0.296 e. The van der Waals surface area contributed by atoms with Crippen LogP contribution in [-0.2, 0) is 0 Å². The molecule has 0 amide bonds. The predicted molar refractivity (Wildman–Crippen MR) is 63.7 cm³/mol. The fraction of sp³-hybridized carbons (Fsp3) is 0. The zero-order valence-electron chi connectivity index (χ0n) is 8.26. The smallest absolute Gasteiger partial charge is 0.262 e. The quantitative estimate of drug-likeness (QED) is 0.792. The molecule has 2 aromatic rings. The first-order chi connectivity index (χ1) is 7.72. The second-order valence-corrected chi connectivity index (χ2v) is 4.15. The summed E-state index contributed by atoms with van der Waals surface area (Å²) in [6.07, 6.45) is 2.24. The Balaban J connectivity index is 2.39. The maximum atomic E-state index is 12.0. The van der Waals surface area contributed by atoms with E-state index < -0.39 is 0 Å². The number of aromatic nitrogens is 1.